The second-order valence-corrected chi connectivity index (χ2v) is 15.5. The SMILES string of the molecule is [2H][C@]1(NC(=O)OC(C)(C)C)CCCN(C(=O)c2cc(OC)c3c(c2)nc(-c2cc4ccc(N(C(F)F)S(C)(=O)=O)nc4n2CC2CC2)n3C)C1. The standard InChI is InChI=1S/C33H41F2N7O6S/c1-33(2,3)48-32(44)36-22-8-7-13-40(18-22)30(43)21-14-23-27(25(16-21)47-5)39(4)29(37-23)24-15-20-11-12-26(42(31(34)35)49(6,45)46)38-28(20)41(24)17-19-9-10-19/h11-12,14-16,19,22,31H,7-10,13,17-18H2,1-6H3,(H,36,44)/t22-/m0/s1/i22D. The number of methoxy groups -OCH3 is 1. The fourth-order valence-electron chi connectivity index (χ4n) is 6.18. The molecule has 6 rings (SSSR count). The molecular weight excluding hydrogens is 660 g/mol. The summed E-state index contributed by atoms with van der Waals surface area (Å²) in [6, 6.07) is 6.50. The van der Waals surface area contributed by atoms with Crippen LogP contribution in [-0.2, 0) is 28.4 Å². The molecule has 4 aromatic rings. The third-order valence-electron chi connectivity index (χ3n) is 8.51. The number of benzene rings is 1. The van der Waals surface area contributed by atoms with E-state index in [4.69, 9.17) is 15.8 Å². The Kier molecular flexibility index (Phi) is 8.61. The molecule has 4 heterocycles. The third kappa shape index (κ3) is 7.14. The maximum absolute atomic E-state index is 13.9. The van der Waals surface area contributed by atoms with Crippen molar-refractivity contribution in [2.45, 2.75) is 71.2 Å². The Hall–Kier alpha value is -4.47. The van der Waals surface area contributed by atoms with Crippen molar-refractivity contribution in [3.63, 3.8) is 0 Å². The van der Waals surface area contributed by atoms with Gasteiger partial charge >= 0.3 is 12.6 Å². The average molecular weight is 703 g/mol. The number of aryl methyl sites for hydroxylation is 1. The molecule has 16 heteroatoms. The van der Waals surface area contributed by atoms with E-state index in [0.29, 0.717) is 83.0 Å². The number of hydrogen-bond acceptors (Lipinski definition) is 8. The highest BCUT2D eigenvalue weighted by Gasteiger charge is 2.32. The predicted molar refractivity (Wildman–Crippen MR) is 180 cm³/mol. The lowest BCUT2D eigenvalue weighted by atomic mass is 10.0. The molecule has 13 nitrogen and oxygen atoms in total. The summed E-state index contributed by atoms with van der Waals surface area (Å²) in [6.07, 6.45) is 2.80. The van der Waals surface area contributed by atoms with Gasteiger partial charge in [-0.1, -0.05) is 0 Å². The quantitative estimate of drug-likeness (QED) is 0.237. The van der Waals surface area contributed by atoms with Crippen LogP contribution < -0.4 is 14.4 Å². The van der Waals surface area contributed by atoms with E-state index in [1.807, 2.05) is 15.2 Å². The first-order valence-corrected chi connectivity index (χ1v) is 17.9. The van der Waals surface area contributed by atoms with Gasteiger partial charge in [-0.25, -0.2) is 23.2 Å². The molecule has 2 aliphatic rings. The molecule has 0 spiro atoms. The molecule has 0 unspecified atom stereocenters. The molecular formula is C33H41F2N7O6S. The third-order valence-corrected chi connectivity index (χ3v) is 9.57. The lowest BCUT2D eigenvalue weighted by Crippen LogP contribution is -2.50. The van der Waals surface area contributed by atoms with Crippen LogP contribution in [0.15, 0.2) is 30.3 Å². The van der Waals surface area contributed by atoms with E-state index in [1.165, 1.54) is 18.1 Å². The highest BCUT2D eigenvalue weighted by Crippen LogP contribution is 2.38. The molecule has 1 aromatic carbocycles. The Morgan fingerprint density at radius 3 is 2.53 bits per heavy atom. The maximum Gasteiger partial charge on any atom is 0.407 e. The number of amides is 2. The number of alkyl halides is 2. The molecule has 0 bridgehead atoms. The van der Waals surface area contributed by atoms with Gasteiger partial charge in [0.25, 0.3) is 5.91 Å². The summed E-state index contributed by atoms with van der Waals surface area (Å²) >= 11 is 0. The van der Waals surface area contributed by atoms with E-state index in [2.05, 4.69) is 10.3 Å². The van der Waals surface area contributed by atoms with E-state index >= 15 is 0 Å². The maximum atomic E-state index is 13.9. The number of anilines is 1. The van der Waals surface area contributed by atoms with Gasteiger partial charge in [0.2, 0.25) is 10.0 Å². The van der Waals surface area contributed by atoms with Gasteiger partial charge in [-0.3, -0.25) is 4.79 Å². The number of sulfonamides is 1. The van der Waals surface area contributed by atoms with E-state index in [-0.39, 0.29) is 22.6 Å². The van der Waals surface area contributed by atoms with Crippen molar-refractivity contribution >= 4 is 49.9 Å². The molecule has 2 amide bonds. The van der Waals surface area contributed by atoms with Crippen LogP contribution in [0.3, 0.4) is 0 Å². The number of hydrogen-bond donors (Lipinski definition) is 1. The van der Waals surface area contributed by atoms with Gasteiger partial charge in [0, 0.05) is 43.6 Å². The zero-order valence-corrected chi connectivity index (χ0v) is 29.1. The molecule has 264 valence electrons. The van der Waals surface area contributed by atoms with Gasteiger partial charge in [-0.2, -0.15) is 13.1 Å². The van der Waals surface area contributed by atoms with Gasteiger partial charge in [0.1, 0.15) is 28.3 Å². The van der Waals surface area contributed by atoms with Crippen LogP contribution in [0.25, 0.3) is 33.6 Å². The van der Waals surface area contributed by atoms with Crippen molar-refractivity contribution in [2.75, 3.05) is 30.8 Å². The van der Waals surface area contributed by atoms with Crippen LogP contribution in [0.4, 0.5) is 19.4 Å². The van der Waals surface area contributed by atoms with E-state index < -0.39 is 34.3 Å². The summed E-state index contributed by atoms with van der Waals surface area (Å²) in [5.74, 6) is 0.486. The number of pyridine rings is 1. The van der Waals surface area contributed by atoms with E-state index in [0.717, 1.165) is 12.8 Å². The van der Waals surface area contributed by atoms with E-state index in [9.17, 15) is 26.8 Å². The molecule has 2 fully saturated rings. The lowest BCUT2D eigenvalue weighted by Gasteiger charge is -2.33. The highest BCUT2D eigenvalue weighted by molar-refractivity contribution is 7.92. The van der Waals surface area contributed by atoms with Gasteiger partial charge in [-0.15, -0.1) is 0 Å². The summed E-state index contributed by atoms with van der Waals surface area (Å²) in [4.78, 5) is 37.2. The lowest BCUT2D eigenvalue weighted by molar-refractivity contribution is 0.0452. The number of halogens is 2. The minimum absolute atomic E-state index is 0.000240. The fraction of sp³-hybridized carbons (Fsp3) is 0.515. The van der Waals surface area contributed by atoms with Crippen LogP contribution in [0.1, 0.15) is 58.2 Å². The zero-order valence-electron chi connectivity index (χ0n) is 29.3. The monoisotopic (exact) mass is 702 g/mol. The van der Waals surface area contributed by atoms with Gasteiger partial charge in [0.15, 0.2) is 5.82 Å². The summed E-state index contributed by atoms with van der Waals surface area (Å²) in [5, 5.41) is 3.24. The van der Waals surface area contributed by atoms with Crippen LogP contribution in [0, 0.1) is 5.92 Å². The highest BCUT2D eigenvalue weighted by atomic mass is 32.2. The molecule has 49 heavy (non-hydrogen) atoms. The normalized spacial score (nSPS) is 19.0. The number of fused-ring (bicyclic) bond motifs is 2. The van der Waals surface area contributed by atoms with Crippen molar-refractivity contribution in [3.05, 3.63) is 35.9 Å². The topological polar surface area (TPSA) is 141 Å². The number of rotatable bonds is 9. The summed E-state index contributed by atoms with van der Waals surface area (Å²) in [6.45, 7) is 2.76. The average Bonchev–Trinajstić information content (AvgIpc) is 3.67. The number of alkyl carbamates (subject to hydrolysis) is 1. The Bertz CT molecular complexity index is 2090. The smallest absolute Gasteiger partial charge is 0.407 e. The molecule has 1 saturated carbocycles. The van der Waals surface area contributed by atoms with E-state index in [1.54, 1.807) is 46.0 Å². The Morgan fingerprint density at radius 2 is 1.90 bits per heavy atom. The van der Waals surface area contributed by atoms with Crippen molar-refractivity contribution in [1.82, 2.24) is 29.3 Å². The molecule has 3 aromatic heterocycles. The Balaban J connectivity index is 1.37. The van der Waals surface area contributed by atoms with Gasteiger partial charge < -0.3 is 28.8 Å². The molecule has 1 N–H and O–H groups in total. The molecule has 1 aliphatic carbocycles. The molecule has 1 atom stereocenters. The summed E-state index contributed by atoms with van der Waals surface area (Å²) < 4.78 is 75.9. The molecule has 0 radical (unpaired) electrons. The number of likely N-dealkylation sites (tertiary alicyclic amines) is 1. The number of ether oxygens (including phenoxy) is 2. The number of nitrogens with zero attached hydrogens (tertiary/aromatic N) is 6. The minimum atomic E-state index is -4.31. The molecule has 1 saturated heterocycles. The first-order valence-electron chi connectivity index (χ1n) is 16.5. The summed E-state index contributed by atoms with van der Waals surface area (Å²) in [7, 11) is -1.02. The van der Waals surface area contributed by atoms with Crippen LogP contribution in [-0.4, -0.2) is 89.0 Å². The number of piperidine rings is 1. The minimum Gasteiger partial charge on any atom is -0.494 e. The van der Waals surface area contributed by atoms with Crippen molar-refractivity contribution in [1.29, 1.82) is 0 Å². The largest absolute Gasteiger partial charge is 0.494 e. The summed E-state index contributed by atoms with van der Waals surface area (Å²) in [5.41, 5.74) is 1.60. The van der Waals surface area contributed by atoms with Crippen molar-refractivity contribution in [3.8, 4) is 17.3 Å². The van der Waals surface area contributed by atoms with Gasteiger partial charge in [-0.05, 0) is 82.7 Å². The number of carbonyl (C=O) groups excluding carboxylic acids is 2. The Labute approximate surface area is 284 Å². The number of nitrogens with one attached hydrogen (secondary N) is 1. The van der Waals surface area contributed by atoms with Crippen molar-refractivity contribution in [2.24, 2.45) is 13.0 Å². The number of carbonyl (C=O) groups is 2. The van der Waals surface area contributed by atoms with Crippen LogP contribution in [0.2, 0.25) is 0 Å². The second kappa shape index (κ2) is 12.8. The molecule has 1 aliphatic heterocycles. The van der Waals surface area contributed by atoms with Crippen LogP contribution in [0.5, 0.6) is 5.75 Å². The van der Waals surface area contributed by atoms with Crippen molar-refractivity contribution < 1.29 is 37.6 Å². The first kappa shape index (κ1) is 33.0. The number of imidazole rings is 1. The number of aromatic nitrogens is 4. The second-order valence-electron chi connectivity index (χ2n) is 13.6. The van der Waals surface area contributed by atoms with Crippen LogP contribution >= 0.6 is 0 Å². The Morgan fingerprint density at radius 1 is 1.16 bits per heavy atom. The zero-order chi connectivity index (χ0) is 36.3. The predicted octanol–water partition coefficient (Wildman–Crippen LogP) is 5.13. The fourth-order valence-corrected chi connectivity index (χ4v) is 6.91. The first-order chi connectivity index (χ1) is 23.4. The van der Waals surface area contributed by atoms with Gasteiger partial charge in [0.05, 0.1) is 25.9 Å².